The van der Waals surface area contributed by atoms with Crippen molar-refractivity contribution in [1.82, 2.24) is 5.32 Å². The molecule has 78 valence electrons. The van der Waals surface area contributed by atoms with E-state index in [2.05, 4.69) is 33.0 Å². The summed E-state index contributed by atoms with van der Waals surface area (Å²) < 4.78 is 6.02. The Bertz CT molecular complexity index is 175. The summed E-state index contributed by atoms with van der Waals surface area (Å²) in [4.78, 5) is 0. The Morgan fingerprint density at radius 3 is 2.31 bits per heavy atom. The van der Waals surface area contributed by atoms with Crippen LogP contribution >= 0.6 is 0 Å². The van der Waals surface area contributed by atoms with E-state index in [1.807, 2.05) is 7.05 Å². The Kier molecular flexibility index (Phi) is 3.03. The van der Waals surface area contributed by atoms with Crippen molar-refractivity contribution in [3.05, 3.63) is 0 Å². The van der Waals surface area contributed by atoms with Crippen molar-refractivity contribution < 1.29 is 4.74 Å². The minimum Gasteiger partial charge on any atom is -0.369 e. The molecule has 0 radical (unpaired) electrons. The number of rotatable bonds is 3. The Morgan fingerprint density at radius 2 is 1.92 bits per heavy atom. The fourth-order valence-corrected chi connectivity index (χ4v) is 2.44. The molecule has 0 amide bonds. The number of nitrogens with one attached hydrogen (secondary N) is 1. The molecule has 1 unspecified atom stereocenters. The number of hydrogen-bond acceptors (Lipinski definition) is 2. The zero-order chi connectivity index (χ0) is 10.1. The van der Waals surface area contributed by atoms with Crippen LogP contribution in [-0.2, 0) is 4.74 Å². The Balaban J connectivity index is 2.54. The molecule has 1 rings (SSSR count). The van der Waals surface area contributed by atoms with Crippen LogP contribution in [0.15, 0.2) is 0 Å². The fourth-order valence-electron chi connectivity index (χ4n) is 2.44. The summed E-state index contributed by atoms with van der Waals surface area (Å²) in [5, 5.41) is 3.20. The highest BCUT2D eigenvalue weighted by atomic mass is 16.5. The molecule has 0 aromatic rings. The summed E-state index contributed by atoms with van der Waals surface area (Å²) in [5.41, 5.74) is 0.127. The third kappa shape index (κ3) is 2.68. The van der Waals surface area contributed by atoms with Crippen molar-refractivity contribution in [2.24, 2.45) is 5.92 Å². The topological polar surface area (TPSA) is 21.3 Å². The van der Waals surface area contributed by atoms with Crippen LogP contribution < -0.4 is 5.32 Å². The van der Waals surface area contributed by atoms with E-state index in [-0.39, 0.29) is 11.2 Å². The monoisotopic (exact) mass is 185 g/mol. The lowest BCUT2D eigenvalue weighted by molar-refractivity contribution is -0.0750. The summed E-state index contributed by atoms with van der Waals surface area (Å²) in [7, 11) is 2.01. The highest BCUT2D eigenvalue weighted by Crippen LogP contribution is 2.43. The first kappa shape index (κ1) is 11.0. The second kappa shape index (κ2) is 3.58. The van der Waals surface area contributed by atoms with Crippen molar-refractivity contribution in [2.75, 3.05) is 13.6 Å². The molecule has 1 heterocycles. The SMILES string of the molecule is CNCCC1CC(C)(C)OC1(C)C. The predicted octanol–water partition coefficient (Wildman–Crippen LogP) is 2.19. The molecular formula is C11H23NO. The summed E-state index contributed by atoms with van der Waals surface area (Å²) >= 11 is 0. The molecule has 0 aromatic heterocycles. The first-order valence-electron chi connectivity index (χ1n) is 5.22. The van der Waals surface area contributed by atoms with Crippen LogP contribution in [0.1, 0.15) is 40.5 Å². The van der Waals surface area contributed by atoms with Gasteiger partial charge in [0.25, 0.3) is 0 Å². The second-order valence-electron chi connectivity index (χ2n) is 5.26. The van der Waals surface area contributed by atoms with Gasteiger partial charge in [-0.05, 0) is 60.0 Å². The molecule has 1 atom stereocenters. The van der Waals surface area contributed by atoms with Gasteiger partial charge in [-0.2, -0.15) is 0 Å². The standard InChI is InChI=1S/C11H23NO/c1-10(2)8-9(6-7-12-5)11(3,4)13-10/h9,12H,6-8H2,1-5H3. The van der Waals surface area contributed by atoms with Gasteiger partial charge in [-0.1, -0.05) is 0 Å². The molecule has 1 N–H and O–H groups in total. The van der Waals surface area contributed by atoms with Crippen LogP contribution in [0.5, 0.6) is 0 Å². The molecule has 1 aliphatic rings. The molecular weight excluding hydrogens is 162 g/mol. The summed E-state index contributed by atoms with van der Waals surface area (Å²) in [6.07, 6.45) is 2.40. The lowest BCUT2D eigenvalue weighted by Gasteiger charge is -2.27. The summed E-state index contributed by atoms with van der Waals surface area (Å²) in [6.45, 7) is 9.89. The van der Waals surface area contributed by atoms with Crippen LogP contribution in [0, 0.1) is 5.92 Å². The molecule has 0 bridgehead atoms. The van der Waals surface area contributed by atoms with Crippen LogP contribution in [0.2, 0.25) is 0 Å². The molecule has 1 saturated heterocycles. The summed E-state index contributed by atoms with van der Waals surface area (Å²) in [5.74, 6) is 0.690. The van der Waals surface area contributed by atoms with Crippen molar-refractivity contribution >= 4 is 0 Å². The maximum atomic E-state index is 6.02. The van der Waals surface area contributed by atoms with E-state index in [1.165, 1.54) is 12.8 Å². The van der Waals surface area contributed by atoms with Gasteiger partial charge in [0, 0.05) is 0 Å². The van der Waals surface area contributed by atoms with Crippen molar-refractivity contribution in [3.63, 3.8) is 0 Å². The zero-order valence-corrected chi connectivity index (χ0v) is 9.61. The third-order valence-corrected chi connectivity index (χ3v) is 3.00. The predicted molar refractivity (Wildman–Crippen MR) is 55.9 cm³/mol. The van der Waals surface area contributed by atoms with Crippen LogP contribution in [0.3, 0.4) is 0 Å². The minimum absolute atomic E-state index is 0.0559. The average molecular weight is 185 g/mol. The van der Waals surface area contributed by atoms with E-state index < -0.39 is 0 Å². The normalized spacial score (nSPS) is 30.7. The van der Waals surface area contributed by atoms with Crippen LogP contribution in [0.25, 0.3) is 0 Å². The van der Waals surface area contributed by atoms with Crippen molar-refractivity contribution in [2.45, 2.75) is 51.7 Å². The van der Waals surface area contributed by atoms with Crippen LogP contribution in [0.4, 0.5) is 0 Å². The van der Waals surface area contributed by atoms with Gasteiger partial charge >= 0.3 is 0 Å². The van der Waals surface area contributed by atoms with Crippen LogP contribution in [-0.4, -0.2) is 24.8 Å². The van der Waals surface area contributed by atoms with Gasteiger partial charge in [-0.25, -0.2) is 0 Å². The van der Waals surface area contributed by atoms with E-state index in [1.54, 1.807) is 0 Å². The highest BCUT2D eigenvalue weighted by molar-refractivity contribution is 4.94. The van der Waals surface area contributed by atoms with E-state index in [4.69, 9.17) is 4.74 Å². The quantitative estimate of drug-likeness (QED) is 0.727. The van der Waals surface area contributed by atoms with Gasteiger partial charge in [-0.3, -0.25) is 0 Å². The van der Waals surface area contributed by atoms with E-state index in [0.29, 0.717) is 5.92 Å². The first-order valence-corrected chi connectivity index (χ1v) is 5.22. The van der Waals surface area contributed by atoms with E-state index in [0.717, 1.165) is 6.54 Å². The lowest BCUT2D eigenvalue weighted by Crippen LogP contribution is -2.30. The molecule has 0 aliphatic carbocycles. The maximum Gasteiger partial charge on any atom is 0.0663 e. The molecule has 0 saturated carbocycles. The minimum atomic E-state index is 0.0559. The second-order valence-corrected chi connectivity index (χ2v) is 5.26. The van der Waals surface area contributed by atoms with Gasteiger partial charge in [0.05, 0.1) is 11.2 Å². The van der Waals surface area contributed by atoms with E-state index in [9.17, 15) is 0 Å². The molecule has 1 aliphatic heterocycles. The molecule has 0 aromatic carbocycles. The third-order valence-electron chi connectivity index (χ3n) is 3.00. The summed E-state index contributed by atoms with van der Waals surface area (Å²) in [6, 6.07) is 0. The van der Waals surface area contributed by atoms with Crippen molar-refractivity contribution in [1.29, 1.82) is 0 Å². The van der Waals surface area contributed by atoms with Crippen molar-refractivity contribution in [3.8, 4) is 0 Å². The van der Waals surface area contributed by atoms with Gasteiger partial charge in [0.15, 0.2) is 0 Å². The van der Waals surface area contributed by atoms with Gasteiger partial charge < -0.3 is 10.1 Å². The Hall–Kier alpha value is -0.0800. The Labute approximate surface area is 82.0 Å². The molecule has 2 nitrogen and oxygen atoms in total. The Morgan fingerprint density at radius 1 is 1.31 bits per heavy atom. The van der Waals surface area contributed by atoms with Gasteiger partial charge in [0.2, 0.25) is 0 Å². The zero-order valence-electron chi connectivity index (χ0n) is 9.61. The lowest BCUT2D eigenvalue weighted by atomic mass is 9.85. The van der Waals surface area contributed by atoms with Gasteiger partial charge in [-0.15, -0.1) is 0 Å². The average Bonchev–Trinajstić information content (AvgIpc) is 2.14. The van der Waals surface area contributed by atoms with Gasteiger partial charge in [0.1, 0.15) is 0 Å². The first-order chi connectivity index (χ1) is 5.87. The molecule has 13 heavy (non-hydrogen) atoms. The smallest absolute Gasteiger partial charge is 0.0663 e. The fraction of sp³-hybridized carbons (Fsp3) is 1.00. The van der Waals surface area contributed by atoms with E-state index >= 15 is 0 Å². The maximum absolute atomic E-state index is 6.02. The number of ether oxygens (including phenoxy) is 1. The highest BCUT2D eigenvalue weighted by Gasteiger charge is 2.44. The molecule has 1 fully saturated rings. The number of hydrogen-bond donors (Lipinski definition) is 1. The molecule has 0 spiro atoms. The molecule has 2 heteroatoms. The largest absolute Gasteiger partial charge is 0.369 e.